The van der Waals surface area contributed by atoms with Crippen molar-refractivity contribution >= 4 is 6.16 Å². The quantitative estimate of drug-likeness (QED) is 0.520. The maximum absolute atomic E-state index is 10.7. The Hall–Kier alpha value is -0.990. The summed E-state index contributed by atoms with van der Waals surface area (Å²) in [6, 6.07) is 0. The molecule has 0 heterocycles. The van der Waals surface area contributed by atoms with E-state index in [0.717, 1.165) is 19.3 Å². The van der Waals surface area contributed by atoms with Crippen molar-refractivity contribution in [3.05, 3.63) is 12.2 Å². The van der Waals surface area contributed by atoms with E-state index in [1.54, 1.807) is 0 Å². The molecular formula is C11H18O3. The van der Waals surface area contributed by atoms with Gasteiger partial charge in [0.25, 0.3) is 0 Å². The minimum atomic E-state index is -1.19. The van der Waals surface area contributed by atoms with Gasteiger partial charge >= 0.3 is 6.16 Å². The van der Waals surface area contributed by atoms with Gasteiger partial charge in [-0.1, -0.05) is 26.8 Å². The van der Waals surface area contributed by atoms with Gasteiger partial charge in [0.15, 0.2) is 0 Å². The average molecular weight is 198 g/mol. The molecule has 0 saturated carbocycles. The molecule has 1 rings (SSSR count). The Morgan fingerprint density at radius 1 is 1.50 bits per heavy atom. The molecule has 3 nitrogen and oxygen atoms in total. The molecule has 0 fully saturated rings. The Labute approximate surface area is 84.8 Å². The van der Waals surface area contributed by atoms with E-state index in [0.29, 0.717) is 0 Å². The highest BCUT2D eigenvalue weighted by Crippen LogP contribution is 2.41. The SMILES string of the molecule is CC(C)(C)C1(OC(=O)O)C=CCCC1. The lowest BCUT2D eigenvalue weighted by Crippen LogP contribution is -2.46. The maximum Gasteiger partial charge on any atom is 0.506 e. The first-order chi connectivity index (χ1) is 6.37. The molecule has 3 heteroatoms. The van der Waals surface area contributed by atoms with Crippen LogP contribution < -0.4 is 0 Å². The van der Waals surface area contributed by atoms with Crippen LogP contribution in [0.4, 0.5) is 4.79 Å². The molecule has 0 aromatic rings. The highest BCUT2D eigenvalue weighted by Gasteiger charge is 2.44. The summed E-state index contributed by atoms with van der Waals surface area (Å²) in [5.41, 5.74) is -0.834. The minimum absolute atomic E-state index is 0.192. The van der Waals surface area contributed by atoms with Gasteiger partial charge in [0.2, 0.25) is 0 Å². The van der Waals surface area contributed by atoms with E-state index in [9.17, 15) is 4.79 Å². The molecule has 1 unspecified atom stereocenters. The Bertz CT molecular complexity index is 250. The number of hydrogen-bond donors (Lipinski definition) is 1. The summed E-state index contributed by atoms with van der Waals surface area (Å²) in [6.45, 7) is 6.02. The highest BCUT2D eigenvalue weighted by molar-refractivity contribution is 5.58. The minimum Gasteiger partial charge on any atom is -0.450 e. The van der Waals surface area contributed by atoms with Gasteiger partial charge < -0.3 is 9.84 Å². The van der Waals surface area contributed by atoms with Gasteiger partial charge in [0, 0.05) is 5.41 Å². The molecule has 0 aromatic carbocycles. The van der Waals surface area contributed by atoms with Crippen LogP contribution in [0.25, 0.3) is 0 Å². The van der Waals surface area contributed by atoms with E-state index in [4.69, 9.17) is 9.84 Å². The zero-order valence-electron chi connectivity index (χ0n) is 9.04. The molecular weight excluding hydrogens is 180 g/mol. The number of carbonyl (C=O) groups is 1. The van der Waals surface area contributed by atoms with Crippen molar-refractivity contribution in [3.8, 4) is 0 Å². The van der Waals surface area contributed by atoms with E-state index in [1.807, 2.05) is 32.9 Å². The standard InChI is InChI=1S/C11H18O3/c1-10(2,3)11(14-9(12)13)7-5-4-6-8-11/h5,7H,4,6,8H2,1-3H3,(H,12,13). The van der Waals surface area contributed by atoms with Crippen LogP contribution in [0, 0.1) is 5.41 Å². The Morgan fingerprint density at radius 2 is 2.14 bits per heavy atom. The fraction of sp³-hybridized carbons (Fsp3) is 0.727. The first-order valence-corrected chi connectivity index (χ1v) is 4.97. The summed E-state index contributed by atoms with van der Waals surface area (Å²) in [5.74, 6) is 0. The predicted molar refractivity (Wildman–Crippen MR) is 54.3 cm³/mol. The Kier molecular flexibility index (Phi) is 2.88. The third-order valence-electron chi connectivity index (χ3n) is 2.85. The Balaban J connectivity index is 2.95. The second kappa shape index (κ2) is 3.64. The van der Waals surface area contributed by atoms with Gasteiger partial charge in [0.05, 0.1) is 0 Å². The second-order valence-electron chi connectivity index (χ2n) is 4.80. The molecule has 0 amide bonds. The molecule has 0 spiro atoms. The normalized spacial score (nSPS) is 27.4. The van der Waals surface area contributed by atoms with Gasteiger partial charge in [-0.2, -0.15) is 0 Å². The van der Waals surface area contributed by atoms with Crippen molar-refractivity contribution in [1.82, 2.24) is 0 Å². The summed E-state index contributed by atoms with van der Waals surface area (Å²) >= 11 is 0. The van der Waals surface area contributed by atoms with E-state index >= 15 is 0 Å². The third kappa shape index (κ3) is 2.08. The lowest BCUT2D eigenvalue weighted by atomic mass is 9.71. The van der Waals surface area contributed by atoms with Crippen LogP contribution in [-0.4, -0.2) is 16.9 Å². The first-order valence-electron chi connectivity index (χ1n) is 4.97. The smallest absolute Gasteiger partial charge is 0.450 e. The zero-order valence-corrected chi connectivity index (χ0v) is 9.04. The summed E-state index contributed by atoms with van der Waals surface area (Å²) in [4.78, 5) is 10.7. The maximum atomic E-state index is 10.7. The van der Waals surface area contributed by atoms with Gasteiger partial charge in [0.1, 0.15) is 5.60 Å². The van der Waals surface area contributed by atoms with Crippen molar-refractivity contribution in [2.75, 3.05) is 0 Å². The summed E-state index contributed by atoms with van der Waals surface area (Å²) in [7, 11) is 0. The van der Waals surface area contributed by atoms with Crippen molar-refractivity contribution in [3.63, 3.8) is 0 Å². The molecule has 1 atom stereocenters. The number of allylic oxidation sites excluding steroid dienone is 1. The van der Waals surface area contributed by atoms with Crippen LogP contribution in [0.3, 0.4) is 0 Å². The summed E-state index contributed by atoms with van der Waals surface area (Å²) in [5, 5.41) is 8.74. The molecule has 1 aliphatic rings. The molecule has 14 heavy (non-hydrogen) atoms. The van der Waals surface area contributed by atoms with Crippen molar-refractivity contribution in [2.45, 2.75) is 45.6 Å². The fourth-order valence-electron chi connectivity index (χ4n) is 1.86. The largest absolute Gasteiger partial charge is 0.506 e. The molecule has 0 saturated heterocycles. The van der Waals surface area contributed by atoms with Crippen LogP contribution in [0.2, 0.25) is 0 Å². The Morgan fingerprint density at radius 3 is 2.50 bits per heavy atom. The molecule has 0 radical (unpaired) electrons. The molecule has 0 aliphatic heterocycles. The predicted octanol–water partition coefficient (Wildman–Crippen LogP) is 3.21. The topological polar surface area (TPSA) is 46.5 Å². The van der Waals surface area contributed by atoms with Crippen LogP contribution in [0.15, 0.2) is 12.2 Å². The van der Waals surface area contributed by atoms with Gasteiger partial charge in [-0.25, -0.2) is 4.79 Å². The van der Waals surface area contributed by atoms with Gasteiger partial charge in [-0.3, -0.25) is 0 Å². The third-order valence-corrected chi connectivity index (χ3v) is 2.85. The number of rotatable bonds is 1. The first kappa shape index (κ1) is 11.1. The van der Waals surface area contributed by atoms with E-state index in [2.05, 4.69) is 0 Å². The zero-order chi connectivity index (χ0) is 10.8. The van der Waals surface area contributed by atoms with Crippen LogP contribution in [-0.2, 0) is 4.74 Å². The van der Waals surface area contributed by atoms with E-state index in [-0.39, 0.29) is 5.41 Å². The highest BCUT2D eigenvalue weighted by atomic mass is 16.7. The van der Waals surface area contributed by atoms with Crippen LogP contribution in [0.5, 0.6) is 0 Å². The molecule has 0 bridgehead atoms. The monoisotopic (exact) mass is 198 g/mol. The molecule has 80 valence electrons. The van der Waals surface area contributed by atoms with E-state index < -0.39 is 11.8 Å². The number of carboxylic acid groups (broad SMARTS) is 1. The lowest BCUT2D eigenvalue weighted by Gasteiger charge is -2.42. The van der Waals surface area contributed by atoms with Gasteiger partial charge in [-0.05, 0) is 25.3 Å². The van der Waals surface area contributed by atoms with E-state index in [1.165, 1.54) is 0 Å². The molecule has 0 aromatic heterocycles. The number of ether oxygens (including phenoxy) is 1. The van der Waals surface area contributed by atoms with Gasteiger partial charge in [-0.15, -0.1) is 0 Å². The van der Waals surface area contributed by atoms with Crippen molar-refractivity contribution in [1.29, 1.82) is 0 Å². The average Bonchev–Trinajstić information content (AvgIpc) is 2.02. The van der Waals surface area contributed by atoms with Crippen molar-refractivity contribution in [2.24, 2.45) is 5.41 Å². The fourth-order valence-corrected chi connectivity index (χ4v) is 1.86. The van der Waals surface area contributed by atoms with Crippen LogP contribution >= 0.6 is 0 Å². The summed E-state index contributed by atoms with van der Waals surface area (Å²) < 4.78 is 5.07. The van der Waals surface area contributed by atoms with Crippen LogP contribution in [0.1, 0.15) is 40.0 Å². The van der Waals surface area contributed by atoms with Crippen molar-refractivity contribution < 1.29 is 14.6 Å². The summed E-state index contributed by atoms with van der Waals surface area (Å²) in [6.07, 6.45) is 5.51. The molecule has 1 aliphatic carbocycles. The lowest BCUT2D eigenvalue weighted by molar-refractivity contribution is -0.0612. The molecule has 1 N–H and O–H groups in total. The number of hydrogen-bond acceptors (Lipinski definition) is 2. The second-order valence-corrected chi connectivity index (χ2v) is 4.80.